The zero-order valence-corrected chi connectivity index (χ0v) is 11.9. The van der Waals surface area contributed by atoms with Gasteiger partial charge in [0.15, 0.2) is 0 Å². The summed E-state index contributed by atoms with van der Waals surface area (Å²) in [4.78, 5) is 12.3. The number of hydrogen-bond acceptors (Lipinski definition) is 2. The molecule has 0 unspecified atom stereocenters. The second-order valence-corrected chi connectivity index (χ2v) is 4.93. The van der Waals surface area contributed by atoms with Gasteiger partial charge in [-0.05, 0) is 48.7 Å². The second kappa shape index (κ2) is 6.24. The van der Waals surface area contributed by atoms with Crippen molar-refractivity contribution >= 4 is 17.3 Å². The van der Waals surface area contributed by atoms with E-state index in [2.05, 4.69) is 12.2 Å². The number of benzene rings is 2. The minimum atomic E-state index is -0.100. The van der Waals surface area contributed by atoms with Crippen LogP contribution in [-0.4, -0.2) is 5.91 Å². The molecule has 0 aromatic heterocycles. The van der Waals surface area contributed by atoms with E-state index in [0.717, 1.165) is 29.7 Å². The minimum absolute atomic E-state index is 0.100. The number of carbonyl (C=O) groups excluding carboxylic acids is 1. The molecule has 0 aliphatic carbocycles. The summed E-state index contributed by atoms with van der Waals surface area (Å²) in [6, 6.07) is 13.2. The van der Waals surface area contributed by atoms with Crippen LogP contribution in [0.5, 0.6) is 0 Å². The van der Waals surface area contributed by atoms with Gasteiger partial charge >= 0.3 is 0 Å². The van der Waals surface area contributed by atoms with Crippen molar-refractivity contribution in [3.8, 4) is 0 Å². The zero-order chi connectivity index (χ0) is 14.5. The third kappa shape index (κ3) is 3.18. The van der Waals surface area contributed by atoms with E-state index in [1.165, 1.54) is 0 Å². The molecule has 3 heteroatoms. The molecule has 0 aliphatic rings. The summed E-state index contributed by atoms with van der Waals surface area (Å²) < 4.78 is 0. The van der Waals surface area contributed by atoms with E-state index in [9.17, 15) is 4.79 Å². The fourth-order valence-electron chi connectivity index (χ4n) is 2.14. The molecule has 3 N–H and O–H groups in total. The van der Waals surface area contributed by atoms with Gasteiger partial charge in [-0.25, -0.2) is 0 Å². The number of hydrogen-bond donors (Lipinski definition) is 2. The Morgan fingerprint density at radius 2 is 1.95 bits per heavy atom. The first kappa shape index (κ1) is 14.1. The van der Waals surface area contributed by atoms with Crippen LogP contribution in [0.15, 0.2) is 42.5 Å². The maximum Gasteiger partial charge on any atom is 0.255 e. The third-order valence-electron chi connectivity index (χ3n) is 3.32. The highest BCUT2D eigenvalue weighted by molar-refractivity contribution is 6.05. The van der Waals surface area contributed by atoms with Crippen molar-refractivity contribution in [2.24, 2.45) is 0 Å². The fourth-order valence-corrected chi connectivity index (χ4v) is 2.14. The minimum Gasteiger partial charge on any atom is -0.399 e. The number of rotatable bonds is 4. The highest BCUT2D eigenvalue weighted by atomic mass is 16.1. The molecule has 0 atom stereocenters. The SMILES string of the molecule is CCCc1ccccc1NC(=O)c1ccc(N)c(C)c1. The largest absolute Gasteiger partial charge is 0.399 e. The van der Waals surface area contributed by atoms with Crippen molar-refractivity contribution in [2.75, 3.05) is 11.1 Å². The van der Waals surface area contributed by atoms with Crippen LogP contribution in [0.25, 0.3) is 0 Å². The fraction of sp³-hybridized carbons (Fsp3) is 0.235. The summed E-state index contributed by atoms with van der Waals surface area (Å²) in [7, 11) is 0. The number of amides is 1. The van der Waals surface area contributed by atoms with Crippen LogP contribution in [0.4, 0.5) is 11.4 Å². The molecule has 0 radical (unpaired) electrons. The Balaban J connectivity index is 2.21. The van der Waals surface area contributed by atoms with E-state index < -0.39 is 0 Å². The molecule has 2 aromatic rings. The summed E-state index contributed by atoms with van der Waals surface area (Å²) >= 11 is 0. The van der Waals surface area contributed by atoms with Crippen LogP contribution in [0, 0.1) is 6.92 Å². The van der Waals surface area contributed by atoms with Gasteiger partial charge in [0.25, 0.3) is 5.91 Å². The topological polar surface area (TPSA) is 55.1 Å². The number of para-hydroxylation sites is 1. The lowest BCUT2D eigenvalue weighted by Crippen LogP contribution is -2.13. The Kier molecular flexibility index (Phi) is 4.41. The van der Waals surface area contributed by atoms with Gasteiger partial charge in [-0.15, -0.1) is 0 Å². The highest BCUT2D eigenvalue weighted by Crippen LogP contribution is 2.19. The molecular formula is C17H20N2O. The van der Waals surface area contributed by atoms with Gasteiger partial charge in [0.05, 0.1) is 0 Å². The van der Waals surface area contributed by atoms with Crippen LogP contribution in [0.3, 0.4) is 0 Å². The predicted molar refractivity (Wildman–Crippen MR) is 84.0 cm³/mol. The van der Waals surface area contributed by atoms with Gasteiger partial charge in [0.1, 0.15) is 0 Å². The van der Waals surface area contributed by atoms with Crippen LogP contribution in [-0.2, 0) is 6.42 Å². The van der Waals surface area contributed by atoms with Crippen LogP contribution >= 0.6 is 0 Å². The quantitative estimate of drug-likeness (QED) is 0.829. The Morgan fingerprint density at radius 1 is 1.20 bits per heavy atom. The number of nitrogens with two attached hydrogens (primary N) is 1. The summed E-state index contributed by atoms with van der Waals surface area (Å²) in [5.74, 6) is -0.100. The molecular weight excluding hydrogens is 248 g/mol. The average molecular weight is 268 g/mol. The maximum atomic E-state index is 12.3. The number of anilines is 2. The molecule has 0 bridgehead atoms. The van der Waals surface area contributed by atoms with Crippen LogP contribution in [0.1, 0.15) is 34.8 Å². The van der Waals surface area contributed by atoms with Gasteiger partial charge in [-0.2, -0.15) is 0 Å². The van der Waals surface area contributed by atoms with E-state index in [1.807, 2.05) is 37.3 Å². The van der Waals surface area contributed by atoms with Crippen molar-refractivity contribution in [1.29, 1.82) is 0 Å². The van der Waals surface area contributed by atoms with Gasteiger partial charge < -0.3 is 11.1 Å². The van der Waals surface area contributed by atoms with Gasteiger partial charge in [0.2, 0.25) is 0 Å². The lowest BCUT2D eigenvalue weighted by Gasteiger charge is -2.11. The molecule has 2 aromatic carbocycles. The molecule has 0 spiro atoms. The van der Waals surface area contributed by atoms with Gasteiger partial charge in [0, 0.05) is 16.9 Å². The maximum absolute atomic E-state index is 12.3. The predicted octanol–water partition coefficient (Wildman–Crippen LogP) is 3.78. The summed E-state index contributed by atoms with van der Waals surface area (Å²) in [6.45, 7) is 4.03. The average Bonchev–Trinajstić information content (AvgIpc) is 2.44. The first-order valence-electron chi connectivity index (χ1n) is 6.87. The Hall–Kier alpha value is -2.29. The van der Waals surface area contributed by atoms with Crippen molar-refractivity contribution in [3.63, 3.8) is 0 Å². The van der Waals surface area contributed by atoms with Crippen molar-refractivity contribution in [2.45, 2.75) is 26.7 Å². The van der Waals surface area contributed by atoms with Gasteiger partial charge in [-0.3, -0.25) is 4.79 Å². The Labute approximate surface area is 119 Å². The first-order valence-corrected chi connectivity index (χ1v) is 6.87. The highest BCUT2D eigenvalue weighted by Gasteiger charge is 2.09. The number of carbonyl (C=O) groups is 1. The Bertz CT molecular complexity index is 620. The molecule has 0 aliphatic heterocycles. The summed E-state index contributed by atoms with van der Waals surface area (Å²) in [5.41, 5.74) is 10.1. The standard InChI is InChI=1S/C17H20N2O/c1-3-6-13-7-4-5-8-16(13)19-17(20)14-9-10-15(18)12(2)11-14/h4-5,7-11H,3,6,18H2,1-2H3,(H,19,20). The third-order valence-corrected chi connectivity index (χ3v) is 3.32. The molecule has 0 fully saturated rings. The van der Waals surface area contributed by atoms with E-state index in [-0.39, 0.29) is 5.91 Å². The molecule has 1 amide bonds. The molecule has 104 valence electrons. The number of aryl methyl sites for hydroxylation is 2. The first-order chi connectivity index (χ1) is 9.61. The molecule has 2 rings (SSSR count). The Morgan fingerprint density at radius 3 is 2.65 bits per heavy atom. The number of nitrogens with one attached hydrogen (secondary N) is 1. The van der Waals surface area contributed by atoms with E-state index >= 15 is 0 Å². The lowest BCUT2D eigenvalue weighted by molar-refractivity contribution is 0.102. The summed E-state index contributed by atoms with van der Waals surface area (Å²) in [6.07, 6.45) is 2.01. The number of nitrogen functional groups attached to an aromatic ring is 1. The second-order valence-electron chi connectivity index (χ2n) is 4.93. The smallest absolute Gasteiger partial charge is 0.255 e. The van der Waals surface area contributed by atoms with Crippen LogP contribution < -0.4 is 11.1 Å². The molecule has 0 saturated carbocycles. The van der Waals surface area contributed by atoms with Crippen molar-refractivity contribution in [3.05, 3.63) is 59.2 Å². The van der Waals surface area contributed by atoms with E-state index in [1.54, 1.807) is 12.1 Å². The van der Waals surface area contributed by atoms with E-state index in [0.29, 0.717) is 11.3 Å². The zero-order valence-electron chi connectivity index (χ0n) is 11.9. The molecule has 3 nitrogen and oxygen atoms in total. The normalized spacial score (nSPS) is 10.3. The lowest BCUT2D eigenvalue weighted by atomic mass is 10.1. The molecule has 20 heavy (non-hydrogen) atoms. The van der Waals surface area contributed by atoms with Crippen LogP contribution in [0.2, 0.25) is 0 Å². The van der Waals surface area contributed by atoms with Crippen molar-refractivity contribution in [1.82, 2.24) is 0 Å². The van der Waals surface area contributed by atoms with Crippen molar-refractivity contribution < 1.29 is 4.79 Å². The molecule has 0 heterocycles. The summed E-state index contributed by atoms with van der Waals surface area (Å²) in [5, 5.41) is 2.98. The van der Waals surface area contributed by atoms with E-state index in [4.69, 9.17) is 5.73 Å². The monoisotopic (exact) mass is 268 g/mol. The molecule has 0 saturated heterocycles. The van der Waals surface area contributed by atoms with Gasteiger partial charge in [-0.1, -0.05) is 31.5 Å².